The lowest BCUT2D eigenvalue weighted by Crippen LogP contribution is -2.43. The van der Waals surface area contributed by atoms with E-state index in [0.29, 0.717) is 25.4 Å². The molecule has 0 saturated carbocycles. The van der Waals surface area contributed by atoms with Crippen LogP contribution in [0.15, 0.2) is 18.2 Å². The van der Waals surface area contributed by atoms with E-state index in [1.165, 1.54) is 0 Å². The van der Waals surface area contributed by atoms with Gasteiger partial charge >= 0.3 is 0 Å². The van der Waals surface area contributed by atoms with E-state index in [1.807, 2.05) is 39.0 Å². The third-order valence-corrected chi connectivity index (χ3v) is 3.83. The second-order valence-electron chi connectivity index (χ2n) is 6.20. The Morgan fingerprint density at radius 1 is 1.12 bits per heavy atom. The maximum Gasteiger partial charge on any atom is 0.237 e. The summed E-state index contributed by atoms with van der Waals surface area (Å²) in [5.41, 5.74) is 6.93. The zero-order valence-corrected chi connectivity index (χ0v) is 15.6. The fourth-order valence-electron chi connectivity index (χ4n) is 2.60. The topological polar surface area (TPSA) is 73.6 Å². The molecule has 0 aliphatic rings. The normalized spacial score (nSPS) is 13.5. The molecule has 1 rings (SSSR count). The van der Waals surface area contributed by atoms with E-state index in [4.69, 9.17) is 15.2 Å². The molecule has 1 aromatic rings. The molecule has 0 aromatic heterocycles. The number of hydrogen-bond acceptors (Lipinski definition) is 4. The first-order valence-electron chi connectivity index (χ1n) is 8.89. The first-order chi connectivity index (χ1) is 11.4. The van der Waals surface area contributed by atoms with Crippen molar-refractivity contribution in [3.05, 3.63) is 23.8 Å². The van der Waals surface area contributed by atoms with Crippen molar-refractivity contribution in [2.75, 3.05) is 13.2 Å². The zero-order chi connectivity index (χ0) is 18.1. The standard InChI is InChI=1S/C19H32N2O3/c1-6-9-15(20)19(22)21-18(13(4)5)14-10-11-16(23-7-2)17(12-14)24-8-3/h10-13,15,18H,6-9,20H2,1-5H3,(H,21,22)/t15-,18?/m1/s1. The van der Waals surface area contributed by atoms with Crippen molar-refractivity contribution in [2.45, 2.75) is 59.5 Å². The molecule has 0 bridgehead atoms. The lowest BCUT2D eigenvalue weighted by Gasteiger charge is -2.25. The minimum absolute atomic E-state index is 0.109. The Morgan fingerprint density at radius 2 is 1.75 bits per heavy atom. The molecule has 0 aliphatic carbocycles. The Labute approximate surface area is 145 Å². The molecule has 24 heavy (non-hydrogen) atoms. The smallest absolute Gasteiger partial charge is 0.237 e. The molecule has 1 unspecified atom stereocenters. The minimum atomic E-state index is -0.467. The molecular formula is C19H32N2O3. The van der Waals surface area contributed by atoms with E-state index in [2.05, 4.69) is 19.2 Å². The third kappa shape index (κ3) is 5.71. The van der Waals surface area contributed by atoms with Crippen LogP contribution in [-0.4, -0.2) is 25.2 Å². The largest absolute Gasteiger partial charge is 0.490 e. The lowest BCUT2D eigenvalue weighted by molar-refractivity contribution is -0.123. The summed E-state index contributed by atoms with van der Waals surface area (Å²) < 4.78 is 11.3. The number of hydrogen-bond donors (Lipinski definition) is 2. The molecule has 0 heterocycles. The number of nitrogens with two attached hydrogens (primary N) is 1. The summed E-state index contributed by atoms with van der Waals surface area (Å²) in [5, 5.41) is 3.08. The quantitative estimate of drug-likeness (QED) is 0.686. The maximum atomic E-state index is 12.3. The van der Waals surface area contributed by atoms with Crippen LogP contribution >= 0.6 is 0 Å². The third-order valence-electron chi connectivity index (χ3n) is 3.83. The van der Waals surface area contributed by atoms with Crippen molar-refractivity contribution in [3.63, 3.8) is 0 Å². The van der Waals surface area contributed by atoms with Gasteiger partial charge in [-0.15, -0.1) is 0 Å². The average molecular weight is 336 g/mol. The Hall–Kier alpha value is -1.75. The molecule has 2 atom stereocenters. The van der Waals surface area contributed by atoms with Gasteiger partial charge in [0.05, 0.1) is 25.3 Å². The van der Waals surface area contributed by atoms with Crippen molar-refractivity contribution in [1.82, 2.24) is 5.32 Å². The molecule has 0 spiro atoms. The second kappa shape index (κ2) is 10.2. The summed E-state index contributed by atoms with van der Waals surface area (Å²) in [6.45, 7) is 11.2. The number of benzene rings is 1. The van der Waals surface area contributed by atoms with Crippen LogP contribution in [0.25, 0.3) is 0 Å². The molecule has 0 fully saturated rings. The zero-order valence-electron chi connectivity index (χ0n) is 15.6. The van der Waals surface area contributed by atoms with Crippen LogP contribution in [0.1, 0.15) is 59.1 Å². The van der Waals surface area contributed by atoms with Crippen molar-refractivity contribution >= 4 is 5.91 Å². The van der Waals surface area contributed by atoms with Crippen LogP contribution in [-0.2, 0) is 4.79 Å². The molecule has 1 amide bonds. The van der Waals surface area contributed by atoms with Crippen molar-refractivity contribution < 1.29 is 14.3 Å². The molecule has 5 heteroatoms. The molecular weight excluding hydrogens is 304 g/mol. The molecule has 5 nitrogen and oxygen atoms in total. The first kappa shape index (κ1) is 20.3. The fraction of sp³-hybridized carbons (Fsp3) is 0.632. The second-order valence-corrected chi connectivity index (χ2v) is 6.20. The van der Waals surface area contributed by atoms with Gasteiger partial charge in [0.1, 0.15) is 0 Å². The molecule has 3 N–H and O–H groups in total. The number of carbonyl (C=O) groups excluding carboxylic acids is 1. The van der Waals surface area contributed by atoms with E-state index in [-0.39, 0.29) is 17.9 Å². The summed E-state index contributed by atoms with van der Waals surface area (Å²) in [6.07, 6.45) is 1.57. The van der Waals surface area contributed by atoms with Crippen LogP contribution in [0.4, 0.5) is 0 Å². The Balaban J connectivity index is 3.03. The summed E-state index contributed by atoms with van der Waals surface area (Å²) in [4.78, 5) is 12.3. The van der Waals surface area contributed by atoms with Gasteiger partial charge in [-0.05, 0) is 43.9 Å². The maximum absolute atomic E-state index is 12.3. The average Bonchev–Trinajstić information content (AvgIpc) is 2.54. The van der Waals surface area contributed by atoms with Crippen LogP contribution in [0.2, 0.25) is 0 Å². The predicted molar refractivity (Wildman–Crippen MR) is 97.4 cm³/mol. The Bertz CT molecular complexity index is 517. The van der Waals surface area contributed by atoms with Crippen LogP contribution < -0.4 is 20.5 Å². The SMILES string of the molecule is CCC[C@@H](N)C(=O)NC(c1ccc(OCC)c(OCC)c1)C(C)C. The van der Waals surface area contributed by atoms with Crippen LogP contribution in [0, 0.1) is 5.92 Å². The highest BCUT2D eigenvalue weighted by atomic mass is 16.5. The molecule has 0 aliphatic heterocycles. The van der Waals surface area contributed by atoms with Gasteiger partial charge in [0, 0.05) is 0 Å². The van der Waals surface area contributed by atoms with Crippen LogP contribution in [0.5, 0.6) is 11.5 Å². The summed E-state index contributed by atoms with van der Waals surface area (Å²) in [6, 6.07) is 5.24. The number of ether oxygens (including phenoxy) is 2. The fourth-order valence-corrected chi connectivity index (χ4v) is 2.60. The van der Waals surface area contributed by atoms with Gasteiger partial charge in [-0.25, -0.2) is 0 Å². The van der Waals surface area contributed by atoms with E-state index in [9.17, 15) is 4.79 Å². The number of nitrogens with one attached hydrogen (secondary N) is 1. The highest BCUT2D eigenvalue weighted by molar-refractivity contribution is 5.81. The number of amides is 1. The summed E-state index contributed by atoms with van der Waals surface area (Å²) in [5.74, 6) is 1.55. The van der Waals surface area contributed by atoms with Gasteiger partial charge in [-0.1, -0.05) is 33.3 Å². The number of rotatable bonds is 10. The summed E-state index contributed by atoms with van der Waals surface area (Å²) >= 11 is 0. The monoisotopic (exact) mass is 336 g/mol. The lowest BCUT2D eigenvalue weighted by atomic mass is 9.95. The van der Waals surface area contributed by atoms with E-state index >= 15 is 0 Å². The van der Waals surface area contributed by atoms with Gasteiger partial charge in [-0.2, -0.15) is 0 Å². The highest BCUT2D eigenvalue weighted by Gasteiger charge is 2.22. The first-order valence-corrected chi connectivity index (χ1v) is 8.89. The van der Waals surface area contributed by atoms with Crippen molar-refractivity contribution in [3.8, 4) is 11.5 Å². The summed E-state index contributed by atoms with van der Waals surface area (Å²) in [7, 11) is 0. The minimum Gasteiger partial charge on any atom is -0.490 e. The van der Waals surface area contributed by atoms with Gasteiger partial charge in [0.2, 0.25) is 5.91 Å². The van der Waals surface area contributed by atoms with E-state index in [1.54, 1.807) is 0 Å². The van der Waals surface area contributed by atoms with Crippen LogP contribution in [0.3, 0.4) is 0 Å². The molecule has 0 saturated heterocycles. The molecule has 136 valence electrons. The van der Waals surface area contributed by atoms with E-state index < -0.39 is 6.04 Å². The molecule has 1 aromatic carbocycles. The van der Waals surface area contributed by atoms with Gasteiger partial charge in [0.25, 0.3) is 0 Å². The Kier molecular flexibility index (Phi) is 8.61. The van der Waals surface area contributed by atoms with Crippen molar-refractivity contribution in [2.24, 2.45) is 11.7 Å². The van der Waals surface area contributed by atoms with E-state index in [0.717, 1.165) is 17.7 Å². The number of carbonyl (C=O) groups is 1. The van der Waals surface area contributed by atoms with Gasteiger partial charge in [0.15, 0.2) is 11.5 Å². The van der Waals surface area contributed by atoms with Gasteiger partial charge in [-0.3, -0.25) is 4.79 Å². The van der Waals surface area contributed by atoms with Crippen molar-refractivity contribution in [1.29, 1.82) is 0 Å². The molecule has 0 radical (unpaired) electrons. The predicted octanol–water partition coefficient (Wildman–Crippen LogP) is 3.42. The van der Waals surface area contributed by atoms with Gasteiger partial charge < -0.3 is 20.5 Å². The Morgan fingerprint density at radius 3 is 2.29 bits per heavy atom. The highest BCUT2D eigenvalue weighted by Crippen LogP contribution is 2.33.